The average molecular weight is 244 g/mol. The van der Waals surface area contributed by atoms with Crippen molar-refractivity contribution in [2.45, 2.75) is 27.7 Å². The number of carboxylic acids is 1. The van der Waals surface area contributed by atoms with Crippen molar-refractivity contribution in [1.29, 1.82) is 0 Å². The summed E-state index contributed by atoms with van der Waals surface area (Å²) in [6.07, 6.45) is 1.58. The Balaban J connectivity index is 2.66. The van der Waals surface area contributed by atoms with Crippen LogP contribution in [-0.2, 0) is 0 Å². The Labute approximate surface area is 106 Å². The van der Waals surface area contributed by atoms with E-state index in [2.05, 4.69) is 29.9 Å². The quantitative estimate of drug-likeness (QED) is 0.853. The monoisotopic (exact) mass is 244 g/mol. The van der Waals surface area contributed by atoms with E-state index >= 15 is 0 Å². The van der Waals surface area contributed by atoms with E-state index in [4.69, 9.17) is 5.11 Å². The molecule has 0 bridgehead atoms. The van der Waals surface area contributed by atoms with Gasteiger partial charge in [0.2, 0.25) is 5.82 Å². The normalized spacial score (nSPS) is 10.7. The maximum absolute atomic E-state index is 10.9. The fourth-order valence-electron chi connectivity index (χ4n) is 2.18. The number of aromatic nitrogens is 2. The Morgan fingerprint density at radius 2 is 1.72 bits per heavy atom. The van der Waals surface area contributed by atoms with E-state index < -0.39 is 5.97 Å². The van der Waals surface area contributed by atoms with Gasteiger partial charge < -0.3 is 10.1 Å². The van der Waals surface area contributed by atoms with Gasteiger partial charge in [0.05, 0.1) is 11.9 Å². The van der Waals surface area contributed by atoms with Crippen molar-refractivity contribution in [2.75, 3.05) is 0 Å². The molecule has 1 heterocycles. The number of H-pyrrole nitrogens is 1. The largest absolute Gasteiger partial charge is 0.475 e. The maximum Gasteiger partial charge on any atom is 0.371 e. The molecule has 0 atom stereocenters. The minimum atomic E-state index is -1.04. The Bertz CT molecular complexity index is 601. The number of aromatic carboxylic acids is 1. The maximum atomic E-state index is 10.9. The third-order valence-electron chi connectivity index (χ3n) is 3.41. The Kier molecular flexibility index (Phi) is 2.95. The summed E-state index contributed by atoms with van der Waals surface area (Å²) >= 11 is 0. The molecule has 1 aromatic heterocycles. The lowest BCUT2D eigenvalue weighted by molar-refractivity contribution is 0.0685. The lowest BCUT2D eigenvalue weighted by Gasteiger charge is -2.13. The van der Waals surface area contributed by atoms with E-state index in [0.29, 0.717) is 0 Å². The van der Waals surface area contributed by atoms with Crippen molar-refractivity contribution >= 4 is 5.97 Å². The van der Waals surface area contributed by atoms with Crippen LogP contribution in [0.25, 0.3) is 11.3 Å². The summed E-state index contributed by atoms with van der Waals surface area (Å²) in [7, 11) is 0. The van der Waals surface area contributed by atoms with Crippen molar-refractivity contribution in [3.63, 3.8) is 0 Å². The van der Waals surface area contributed by atoms with Gasteiger partial charge in [-0.2, -0.15) is 0 Å². The van der Waals surface area contributed by atoms with Crippen molar-refractivity contribution in [1.82, 2.24) is 9.97 Å². The third kappa shape index (κ3) is 1.90. The lowest BCUT2D eigenvalue weighted by Crippen LogP contribution is -1.99. The van der Waals surface area contributed by atoms with Crippen LogP contribution in [0.2, 0.25) is 0 Å². The Morgan fingerprint density at radius 1 is 1.17 bits per heavy atom. The van der Waals surface area contributed by atoms with Gasteiger partial charge in [-0.3, -0.25) is 0 Å². The molecule has 94 valence electrons. The van der Waals surface area contributed by atoms with Crippen LogP contribution in [0.15, 0.2) is 12.3 Å². The van der Waals surface area contributed by atoms with Crippen LogP contribution in [0.3, 0.4) is 0 Å². The SMILES string of the molecule is Cc1cc(C)c(C)c(-c2cnc(C(=O)O)[nH]2)c1C. The second kappa shape index (κ2) is 4.29. The highest BCUT2D eigenvalue weighted by Gasteiger charge is 2.14. The second-order valence-electron chi connectivity index (χ2n) is 4.59. The summed E-state index contributed by atoms with van der Waals surface area (Å²) in [6, 6.07) is 2.14. The van der Waals surface area contributed by atoms with Crippen LogP contribution in [-0.4, -0.2) is 21.0 Å². The molecule has 0 amide bonds. The number of hydrogen-bond donors (Lipinski definition) is 2. The standard InChI is InChI=1S/C14H16N2O2/c1-7-5-8(2)10(4)12(9(7)3)11-6-15-13(16-11)14(17)18/h5-6H,1-4H3,(H,15,16)(H,17,18). The van der Waals surface area contributed by atoms with Gasteiger partial charge >= 0.3 is 5.97 Å². The summed E-state index contributed by atoms with van der Waals surface area (Å²) in [6.45, 7) is 8.19. The molecule has 0 unspecified atom stereocenters. The number of benzene rings is 1. The smallest absolute Gasteiger partial charge is 0.371 e. The molecule has 2 aromatic rings. The van der Waals surface area contributed by atoms with Gasteiger partial charge in [-0.05, 0) is 49.9 Å². The van der Waals surface area contributed by atoms with E-state index in [1.54, 1.807) is 6.20 Å². The number of nitrogens with zero attached hydrogens (tertiary/aromatic N) is 1. The number of carbonyl (C=O) groups is 1. The topological polar surface area (TPSA) is 66.0 Å². The van der Waals surface area contributed by atoms with E-state index in [-0.39, 0.29) is 5.82 Å². The Morgan fingerprint density at radius 3 is 2.17 bits per heavy atom. The number of aromatic amines is 1. The molecule has 0 aliphatic heterocycles. The lowest BCUT2D eigenvalue weighted by atomic mass is 9.93. The van der Waals surface area contributed by atoms with Crippen LogP contribution in [0.1, 0.15) is 32.9 Å². The van der Waals surface area contributed by atoms with Gasteiger partial charge in [0.25, 0.3) is 0 Å². The van der Waals surface area contributed by atoms with Crippen LogP contribution >= 0.6 is 0 Å². The van der Waals surface area contributed by atoms with Crippen LogP contribution in [0.4, 0.5) is 0 Å². The second-order valence-corrected chi connectivity index (χ2v) is 4.59. The molecule has 2 rings (SSSR count). The molecule has 0 fully saturated rings. The number of imidazole rings is 1. The number of rotatable bonds is 2. The number of nitrogens with one attached hydrogen (secondary N) is 1. The first-order chi connectivity index (χ1) is 8.41. The molecule has 18 heavy (non-hydrogen) atoms. The van der Waals surface area contributed by atoms with E-state index in [0.717, 1.165) is 22.4 Å². The molecule has 4 nitrogen and oxygen atoms in total. The third-order valence-corrected chi connectivity index (χ3v) is 3.41. The van der Waals surface area contributed by atoms with E-state index in [9.17, 15) is 4.79 Å². The van der Waals surface area contributed by atoms with Crippen LogP contribution < -0.4 is 0 Å². The molecule has 0 aliphatic rings. The van der Waals surface area contributed by atoms with Crippen LogP contribution in [0, 0.1) is 27.7 Å². The van der Waals surface area contributed by atoms with Crippen molar-refractivity contribution in [3.8, 4) is 11.3 Å². The molecule has 0 saturated heterocycles. The first kappa shape index (κ1) is 12.4. The fraction of sp³-hybridized carbons (Fsp3) is 0.286. The molecule has 2 N–H and O–H groups in total. The molecular weight excluding hydrogens is 228 g/mol. The van der Waals surface area contributed by atoms with Gasteiger partial charge in [-0.15, -0.1) is 0 Å². The summed E-state index contributed by atoms with van der Waals surface area (Å²) in [5, 5.41) is 8.90. The number of hydrogen-bond acceptors (Lipinski definition) is 2. The van der Waals surface area contributed by atoms with Crippen molar-refractivity contribution in [3.05, 3.63) is 40.3 Å². The van der Waals surface area contributed by atoms with Gasteiger partial charge in [-0.25, -0.2) is 9.78 Å². The number of carboxylic acid groups (broad SMARTS) is 1. The van der Waals surface area contributed by atoms with Gasteiger partial charge in [0.1, 0.15) is 0 Å². The molecule has 4 heteroatoms. The van der Waals surface area contributed by atoms with Gasteiger partial charge in [-0.1, -0.05) is 6.07 Å². The summed E-state index contributed by atoms with van der Waals surface area (Å²) in [4.78, 5) is 17.6. The highest BCUT2D eigenvalue weighted by atomic mass is 16.4. The molecule has 1 aromatic carbocycles. The summed E-state index contributed by atoms with van der Waals surface area (Å²) < 4.78 is 0. The average Bonchev–Trinajstić information content (AvgIpc) is 2.76. The predicted molar refractivity (Wildman–Crippen MR) is 69.9 cm³/mol. The van der Waals surface area contributed by atoms with E-state index in [1.807, 2.05) is 13.8 Å². The number of aryl methyl sites for hydroxylation is 2. The summed E-state index contributed by atoms with van der Waals surface area (Å²) in [5.74, 6) is -1.07. The molecule has 0 aliphatic carbocycles. The summed E-state index contributed by atoms with van der Waals surface area (Å²) in [5.41, 5.74) is 6.50. The molecule has 0 radical (unpaired) electrons. The van der Waals surface area contributed by atoms with Crippen molar-refractivity contribution < 1.29 is 9.90 Å². The van der Waals surface area contributed by atoms with Gasteiger partial charge in [0.15, 0.2) is 0 Å². The highest BCUT2D eigenvalue weighted by molar-refractivity contribution is 5.84. The first-order valence-electron chi connectivity index (χ1n) is 5.78. The zero-order valence-electron chi connectivity index (χ0n) is 11.0. The molecule has 0 saturated carbocycles. The van der Waals surface area contributed by atoms with Crippen LogP contribution in [0.5, 0.6) is 0 Å². The predicted octanol–water partition coefficient (Wildman–Crippen LogP) is 3.01. The van der Waals surface area contributed by atoms with E-state index in [1.165, 1.54) is 11.1 Å². The minimum Gasteiger partial charge on any atom is -0.475 e. The van der Waals surface area contributed by atoms with Crippen molar-refractivity contribution in [2.24, 2.45) is 0 Å². The minimum absolute atomic E-state index is 0.0250. The molecular formula is C14H16N2O2. The highest BCUT2D eigenvalue weighted by Crippen LogP contribution is 2.30. The first-order valence-corrected chi connectivity index (χ1v) is 5.78. The zero-order valence-corrected chi connectivity index (χ0v) is 11.0. The Hall–Kier alpha value is -2.10. The fourth-order valence-corrected chi connectivity index (χ4v) is 2.18. The zero-order chi connectivity index (χ0) is 13.4. The van der Waals surface area contributed by atoms with Gasteiger partial charge in [0, 0.05) is 5.56 Å². The molecule has 0 spiro atoms.